The molecule has 82 valence electrons. The van der Waals surface area contributed by atoms with E-state index < -0.39 is 0 Å². The van der Waals surface area contributed by atoms with Crippen LogP contribution in [0.2, 0.25) is 0 Å². The van der Waals surface area contributed by atoms with E-state index >= 15 is 0 Å². The SMILES string of the molecule is O=C(NCC1CCCNC1)c1nn[nH]n1. The van der Waals surface area contributed by atoms with Gasteiger partial charge in [-0.25, -0.2) is 0 Å². The highest BCUT2D eigenvalue weighted by atomic mass is 16.2. The molecule has 1 aromatic heterocycles. The van der Waals surface area contributed by atoms with Gasteiger partial charge in [-0.15, -0.1) is 10.2 Å². The van der Waals surface area contributed by atoms with E-state index in [-0.39, 0.29) is 11.7 Å². The molecule has 1 fully saturated rings. The number of nitrogens with zero attached hydrogens (tertiary/aromatic N) is 3. The van der Waals surface area contributed by atoms with Crippen molar-refractivity contribution in [2.75, 3.05) is 19.6 Å². The van der Waals surface area contributed by atoms with Gasteiger partial charge in [-0.05, 0) is 37.1 Å². The summed E-state index contributed by atoms with van der Waals surface area (Å²) < 4.78 is 0. The number of nitrogens with one attached hydrogen (secondary N) is 3. The fourth-order valence-electron chi connectivity index (χ4n) is 1.67. The van der Waals surface area contributed by atoms with E-state index in [9.17, 15) is 4.79 Å². The van der Waals surface area contributed by atoms with Crippen LogP contribution >= 0.6 is 0 Å². The van der Waals surface area contributed by atoms with Crippen molar-refractivity contribution in [2.24, 2.45) is 5.92 Å². The van der Waals surface area contributed by atoms with E-state index in [2.05, 4.69) is 31.3 Å². The lowest BCUT2D eigenvalue weighted by Gasteiger charge is -2.22. The van der Waals surface area contributed by atoms with Crippen LogP contribution in [0.25, 0.3) is 0 Å². The summed E-state index contributed by atoms with van der Waals surface area (Å²) in [4.78, 5) is 11.4. The van der Waals surface area contributed by atoms with Crippen molar-refractivity contribution in [3.63, 3.8) is 0 Å². The molecule has 1 aliphatic heterocycles. The van der Waals surface area contributed by atoms with Gasteiger partial charge in [-0.3, -0.25) is 4.79 Å². The van der Waals surface area contributed by atoms with E-state index in [0.29, 0.717) is 12.5 Å². The topological polar surface area (TPSA) is 95.6 Å². The predicted octanol–water partition coefficient (Wildman–Crippen LogP) is -1.07. The van der Waals surface area contributed by atoms with Gasteiger partial charge in [0.1, 0.15) is 0 Å². The largest absolute Gasteiger partial charge is 0.349 e. The maximum absolute atomic E-state index is 11.4. The minimum atomic E-state index is -0.269. The van der Waals surface area contributed by atoms with Crippen molar-refractivity contribution < 1.29 is 4.79 Å². The van der Waals surface area contributed by atoms with E-state index in [1.807, 2.05) is 0 Å². The first kappa shape index (κ1) is 10.0. The van der Waals surface area contributed by atoms with Gasteiger partial charge in [-0.2, -0.15) is 5.21 Å². The number of hydrogen-bond donors (Lipinski definition) is 3. The number of amides is 1. The molecule has 15 heavy (non-hydrogen) atoms. The van der Waals surface area contributed by atoms with Gasteiger partial charge in [0.05, 0.1) is 0 Å². The normalized spacial score (nSPS) is 21.2. The van der Waals surface area contributed by atoms with Crippen LogP contribution in [-0.2, 0) is 0 Å². The first-order chi connectivity index (χ1) is 7.36. The van der Waals surface area contributed by atoms with Crippen LogP contribution in [0.5, 0.6) is 0 Å². The lowest BCUT2D eigenvalue weighted by Crippen LogP contribution is -2.38. The van der Waals surface area contributed by atoms with Crippen molar-refractivity contribution in [1.29, 1.82) is 0 Å². The van der Waals surface area contributed by atoms with E-state index in [1.54, 1.807) is 0 Å². The van der Waals surface area contributed by atoms with Crippen LogP contribution < -0.4 is 10.6 Å². The summed E-state index contributed by atoms with van der Waals surface area (Å²) in [6, 6.07) is 0. The molecule has 0 aliphatic carbocycles. The zero-order valence-corrected chi connectivity index (χ0v) is 8.36. The van der Waals surface area contributed by atoms with Gasteiger partial charge in [0.25, 0.3) is 11.7 Å². The highest BCUT2D eigenvalue weighted by Crippen LogP contribution is 2.08. The molecular weight excluding hydrogens is 196 g/mol. The minimum Gasteiger partial charge on any atom is -0.349 e. The van der Waals surface area contributed by atoms with E-state index in [0.717, 1.165) is 19.5 Å². The number of tetrazole rings is 1. The smallest absolute Gasteiger partial charge is 0.292 e. The Kier molecular flexibility index (Phi) is 3.23. The molecular formula is C8H14N6O. The fourth-order valence-corrected chi connectivity index (χ4v) is 1.67. The van der Waals surface area contributed by atoms with Crippen LogP contribution in [0.15, 0.2) is 0 Å². The molecule has 0 aromatic carbocycles. The van der Waals surface area contributed by atoms with Crippen molar-refractivity contribution in [3.8, 4) is 0 Å². The second-order valence-electron chi connectivity index (χ2n) is 3.66. The number of aromatic nitrogens is 4. The molecule has 1 aliphatic rings. The molecule has 2 heterocycles. The standard InChI is InChI=1S/C8H14N6O/c15-8(7-11-13-14-12-7)10-5-6-2-1-3-9-4-6/h6,9H,1-5H2,(H,10,15)(H,11,12,13,14). The molecule has 7 nitrogen and oxygen atoms in total. The number of carbonyl (C=O) groups excluding carboxylic acids is 1. The summed E-state index contributed by atoms with van der Waals surface area (Å²) in [5.74, 6) is 0.336. The third-order valence-corrected chi connectivity index (χ3v) is 2.50. The van der Waals surface area contributed by atoms with Gasteiger partial charge in [-0.1, -0.05) is 0 Å². The molecule has 0 spiro atoms. The zero-order valence-electron chi connectivity index (χ0n) is 8.36. The third kappa shape index (κ3) is 2.72. The molecule has 0 radical (unpaired) electrons. The van der Waals surface area contributed by atoms with Crippen LogP contribution in [0.3, 0.4) is 0 Å². The summed E-state index contributed by atoms with van der Waals surface area (Å²) in [7, 11) is 0. The van der Waals surface area contributed by atoms with Crippen molar-refractivity contribution in [2.45, 2.75) is 12.8 Å². The second-order valence-corrected chi connectivity index (χ2v) is 3.66. The predicted molar refractivity (Wildman–Crippen MR) is 52.1 cm³/mol. The number of hydrogen-bond acceptors (Lipinski definition) is 5. The maximum Gasteiger partial charge on any atom is 0.292 e. The highest BCUT2D eigenvalue weighted by Gasteiger charge is 2.16. The van der Waals surface area contributed by atoms with Crippen molar-refractivity contribution >= 4 is 5.91 Å². The Morgan fingerprint density at radius 1 is 1.60 bits per heavy atom. The first-order valence-corrected chi connectivity index (χ1v) is 5.08. The Bertz CT molecular complexity index is 305. The molecule has 1 atom stereocenters. The van der Waals surface area contributed by atoms with Gasteiger partial charge in [0, 0.05) is 6.54 Å². The number of carbonyl (C=O) groups is 1. The monoisotopic (exact) mass is 210 g/mol. The molecule has 7 heteroatoms. The Morgan fingerprint density at radius 3 is 3.20 bits per heavy atom. The minimum absolute atomic E-state index is 0.0961. The van der Waals surface area contributed by atoms with Crippen LogP contribution in [-0.4, -0.2) is 46.2 Å². The lowest BCUT2D eigenvalue weighted by molar-refractivity contribution is 0.0934. The first-order valence-electron chi connectivity index (χ1n) is 5.08. The van der Waals surface area contributed by atoms with E-state index in [1.165, 1.54) is 6.42 Å². The van der Waals surface area contributed by atoms with Gasteiger partial charge in [0.2, 0.25) is 0 Å². The summed E-state index contributed by atoms with van der Waals surface area (Å²) in [6.07, 6.45) is 2.32. The summed E-state index contributed by atoms with van der Waals surface area (Å²) in [5.41, 5.74) is 0. The summed E-state index contributed by atoms with van der Waals surface area (Å²) in [5, 5.41) is 18.9. The quantitative estimate of drug-likeness (QED) is 0.590. The van der Waals surface area contributed by atoms with Gasteiger partial charge < -0.3 is 10.6 Å². The molecule has 2 rings (SSSR count). The number of rotatable bonds is 3. The molecule has 1 amide bonds. The maximum atomic E-state index is 11.4. The van der Waals surface area contributed by atoms with Crippen molar-refractivity contribution in [1.82, 2.24) is 31.3 Å². The third-order valence-electron chi connectivity index (χ3n) is 2.50. The van der Waals surface area contributed by atoms with Crippen molar-refractivity contribution in [3.05, 3.63) is 5.82 Å². The second kappa shape index (κ2) is 4.83. The molecule has 1 aromatic rings. The Balaban J connectivity index is 1.75. The van der Waals surface area contributed by atoms with Gasteiger partial charge in [0.15, 0.2) is 0 Å². The van der Waals surface area contributed by atoms with Crippen LogP contribution in [0.1, 0.15) is 23.5 Å². The number of piperidine rings is 1. The number of H-pyrrole nitrogens is 1. The molecule has 0 bridgehead atoms. The van der Waals surface area contributed by atoms with Crippen LogP contribution in [0, 0.1) is 5.92 Å². The Labute approximate surface area is 87.0 Å². The average Bonchev–Trinajstić information content (AvgIpc) is 2.81. The Hall–Kier alpha value is -1.50. The Morgan fingerprint density at radius 2 is 2.53 bits per heavy atom. The zero-order chi connectivity index (χ0) is 10.5. The summed E-state index contributed by atoms with van der Waals surface area (Å²) in [6.45, 7) is 2.71. The summed E-state index contributed by atoms with van der Waals surface area (Å²) >= 11 is 0. The number of aromatic amines is 1. The molecule has 1 unspecified atom stereocenters. The average molecular weight is 210 g/mol. The highest BCUT2D eigenvalue weighted by molar-refractivity contribution is 5.89. The van der Waals surface area contributed by atoms with Gasteiger partial charge >= 0.3 is 0 Å². The van der Waals surface area contributed by atoms with Crippen LogP contribution in [0.4, 0.5) is 0 Å². The van der Waals surface area contributed by atoms with E-state index in [4.69, 9.17) is 0 Å². The molecule has 3 N–H and O–H groups in total. The molecule has 0 saturated carbocycles. The molecule has 1 saturated heterocycles. The fraction of sp³-hybridized carbons (Fsp3) is 0.750. The lowest BCUT2D eigenvalue weighted by atomic mass is 10.00.